The van der Waals surface area contributed by atoms with Crippen LogP contribution in [0.1, 0.15) is 54.5 Å². The lowest BCUT2D eigenvalue weighted by Crippen LogP contribution is -2.52. The number of rotatable bonds is 5. The van der Waals surface area contributed by atoms with Crippen molar-refractivity contribution in [2.24, 2.45) is 5.92 Å². The highest BCUT2D eigenvalue weighted by Crippen LogP contribution is 2.45. The molecule has 186 valence electrons. The molecule has 0 saturated heterocycles. The topological polar surface area (TPSA) is 134 Å². The molecule has 1 aromatic carbocycles. The van der Waals surface area contributed by atoms with Crippen molar-refractivity contribution in [1.82, 2.24) is 25.1 Å². The summed E-state index contributed by atoms with van der Waals surface area (Å²) >= 11 is 0. The predicted octanol–water partition coefficient (Wildman–Crippen LogP) is 1.01. The first-order chi connectivity index (χ1) is 16.6. The highest BCUT2D eigenvalue weighted by Gasteiger charge is 2.48. The Morgan fingerprint density at radius 3 is 2.66 bits per heavy atom. The minimum atomic E-state index is -1.11. The molecule has 3 N–H and O–H groups in total. The molecule has 1 saturated carbocycles. The van der Waals surface area contributed by atoms with Gasteiger partial charge in [0.1, 0.15) is 11.6 Å². The molecule has 2 unspecified atom stereocenters. The van der Waals surface area contributed by atoms with E-state index in [0.717, 1.165) is 6.42 Å². The van der Waals surface area contributed by atoms with Gasteiger partial charge < -0.3 is 20.6 Å². The van der Waals surface area contributed by atoms with Crippen molar-refractivity contribution < 1.29 is 23.9 Å². The summed E-state index contributed by atoms with van der Waals surface area (Å²) in [5.41, 5.74) is -1.73. The number of hydrogen-bond donors (Lipinski definition) is 3. The van der Waals surface area contributed by atoms with Crippen molar-refractivity contribution in [3.8, 4) is 5.75 Å². The van der Waals surface area contributed by atoms with Crippen LogP contribution in [-0.2, 0) is 28.2 Å². The Labute approximate surface area is 201 Å². The molecule has 10 nitrogen and oxygen atoms in total. The third kappa shape index (κ3) is 4.62. The summed E-state index contributed by atoms with van der Waals surface area (Å²) in [7, 11) is 1.52. The van der Waals surface area contributed by atoms with Crippen LogP contribution in [0.15, 0.2) is 29.1 Å². The molecular weight excluding hydrogens is 457 g/mol. The predicted molar refractivity (Wildman–Crippen MR) is 123 cm³/mol. The molecule has 35 heavy (non-hydrogen) atoms. The zero-order chi connectivity index (χ0) is 25.3. The number of carbonyl (C=O) groups is 3. The summed E-state index contributed by atoms with van der Waals surface area (Å²) in [4.78, 5) is 56.9. The Balaban J connectivity index is 1.68. The highest BCUT2D eigenvalue weighted by molar-refractivity contribution is 6.35. The first kappa shape index (κ1) is 24.4. The Morgan fingerprint density at radius 2 is 1.97 bits per heavy atom. The number of carbonyl (C=O) groups excluding carboxylic acids is 3. The van der Waals surface area contributed by atoms with Gasteiger partial charge in [0.2, 0.25) is 5.75 Å². The van der Waals surface area contributed by atoms with Crippen molar-refractivity contribution >= 4 is 17.7 Å². The Morgan fingerprint density at radius 1 is 1.26 bits per heavy atom. The van der Waals surface area contributed by atoms with Crippen molar-refractivity contribution in [2.45, 2.75) is 51.2 Å². The van der Waals surface area contributed by atoms with Gasteiger partial charge >= 0.3 is 11.8 Å². The van der Waals surface area contributed by atoms with Crippen LogP contribution < -0.4 is 16.2 Å². The van der Waals surface area contributed by atoms with Gasteiger partial charge in [-0.15, -0.1) is 0 Å². The van der Waals surface area contributed by atoms with E-state index in [9.17, 15) is 28.7 Å². The molecule has 2 heterocycles. The molecule has 2 aromatic rings. The number of halogens is 1. The number of nitrogens with one attached hydrogen (secondary N) is 2. The van der Waals surface area contributed by atoms with E-state index in [-0.39, 0.29) is 24.8 Å². The van der Waals surface area contributed by atoms with Crippen LogP contribution >= 0.6 is 0 Å². The lowest BCUT2D eigenvalue weighted by atomic mass is 9.94. The number of aromatic hydroxyl groups is 1. The molecule has 1 aliphatic carbocycles. The fraction of sp³-hybridized carbons (Fsp3) is 0.458. The fourth-order valence-corrected chi connectivity index (χ4v) is 4.81. The smallest absolute Gasteiger partial charge is 0.311 e. The molecule has 11 heteroatoms. The molecular formula is C24H28FN5O5. The number of nitrogens with zero attached hydrogens (tertiary/aromatic N) is 3. The largest absolute Gasteiger partial charge is 0.501 e. The maximum Gasteiger partial charge on any atom is 0.311 e. The van der Waals surface area contributed by atoms with E-state index in [0.29, 0.717) is 31.4 Å². The molecule has 1 fully saturated rings. The number of benzene rings is 1. The van der Waals surface area contributed by atoms with Crippen molar-refractivity contribution in [2.75, 3.05) is 13.6 Å². The summed E-state index contributed by atoms with van der Waals surface area (Å²) in [6.45, 7) is 2.40. The van der Waals surface area contributed by atoms with E-state index in [1.807, 2.05) is 0 Å². The van der Waals surface area contributed by atoms with E-state index in [4.69, 9.17) is 0 Å². The second-order valence-electron chi connectivity index (χ2n) is 9.15. The van der Waals surface area contributed by atoms with Gasteiger partial charge in [0.05, 0.1) is 5.54 Å². The van der Waals surface area contributed by atoms with Crippen LogP contribution in [0.3, 0.4) is 0 Å². The molecule has 4 rings (SSSR count). The highest BCUT2D eigenvalue weighted by atomic mass is 19.1. The summed E-state index contributed by atoms with van der Waals surface area (Å²) in [5.74, 6) is -3.15. The zero-order valence-electron chi connectivity index (χ0n) is 19.6. The van der Waals surface area contributed by atoms with Gasteiger partial charge in [-0.05, 0) is 56.2 Å². The summed E-state index contributed by atoms with van der Waals surface area (Å²) in [6, 6.07) is 5.52. The quantitative estimate of drug-likeness (QED) is 0.542. The van der Waals surface area contributed by atoms with Gasteiger partial charge in [-0.2, -0.15) is 0 Å². The molecule has 1 aromatic heterocycles. The van der Waals surface area contributed by atoms with Crippen molar-refractivity contribution in [3.63, 3.8) is 0 Å². The van der Waals surface area contributed by atoms with Gasteiger partial charge in [-0.3, -0.25) is 23.7 Å². The van der Waals surface area contributed by atoms with Crippen LogP contribution in [0.25, 0.3) is 0 Å². The first-order valence-corrected chi connectivity index (χ1v) is 11.6. The van der Waals surface area contributed by atoms with Gasteiger partial charge in [0.15, 0.2) is 5.69 Å². The standard InChI is InChI=1S/C24H28FN5O5/c1-3-29(2)22(35)20(33)28-24-10-8-14(12-24)9-11-30-21(34)18(31)17(27-23(24)30)19(32)26-13-15-4-6-16(25)7-5-15/h4-7,14,31H,3,8-13H2,1-2H3,(H,26,32)(H,28,33). The lowest BCUT2D eigenvalue weighted by Gasteiger charge is -2.31. The van der Waals surface area contributed by atoms with E-state index >= 15 is 0 Å². The monoisotopic (exact) mass is 485 g/mol. The zero-order valence-corrected chi connectivity index (χ0v) is 19.6. The second kappa shape index (κ2) is 9.47. The Kier molecular flexibility index (Phi) is 6.60. The Bertz CT molecular complexity index is 1230. The van der Waals surface area contributed by atoms with E-state index in [1.54, 1.807) is 6.92 Å². The van der Waals surface area contributed by atoms with Gasteiger partial charge in [0, 0.05) is 26.7 Å². The summed E-state index contributed by atoms with van der Waals surface area (Å²) in [6.07, 6.45) is 2.32. The number of amides is 3. The lowest BCUT2D eigenvalue weighted by molar-refractivity contribution is -0.146. The first-order valence-electron chi connectivity index (χ1n) is 11.6. The second-order valence-corrected chi connectivity index (χ2v) is 9.15. The number of aromatic nitrogens is 2. The van der Waals surface area contributed by atoms with E-state index < -0.39 is 46.1 Å². The van der Waals surface area contributed by atoms with Crippen LogP contribution in [-0.4, -0.2) is 50.9 Å². The number of hydrogen-bond acceptors (Lipinski definition) is 6. The van der Waals surface area contributed by atoms with Gasteiger partial charge in [0.25, 0.3) is 11.5 Å². The third-order valence-electron chi connectivity index (χ3n) is 6.90. The molecule has 2 aliphatic rings. The van der Waals surface area contributed by atoms with Crippen LogP contribution in [0, 0.1) is 11.7 Å². The molecule has 3 amide bonds. The maximum atomic E-state index is 13.1. The fourth-order valence-electron chi connectivity index (χ4n) is 4.81. The normalized spacial score (nSPS) is 20.5. The molecule has 0 spiro atoms. The molecule has 1 aliphatic heterocycles. The van der Waals surface area contributed by atoms with E-state index in [2.05, 4.69) is 15.6 Å². The molecule has 0 radical (unpaired) electrons. The molecule has 2 bridgehead atoms. The average Bonchev–Trinajstić information content (AvgIpc) is 3.19. The Hall–Kier alpha value is -3.76. The van der Waals surface area contributed by atoms with Crippen LogP contribution in [0.5, 0.6) is 5.75 Å². The maximum absolute atomic E-state index is 13.1. The van der Waals surface area contributed by atoms with Gasteiger partial charge in [-0.25, -0.2) is 9.37 Å². The number of fused-ring (bicyclic) bond motifs is 4. The third-order valence-corrected chi connectivity index (χ3v) is 6.90. The summed E-state index contributed by atoms with van der Waals surface area (Å²) < 4.78 is 14.4. The van der Waals surface area contributed by atoms with E-state index in [1.165, 1.54) is 40.8 Å². The van der Waals surface area contributed by atoms with Crippen molar-refractivity contribution in [1.29, 1.82) is 0 Å². The average molecular weight is 486 g/mol. The van der Waals surface area contributed by atoms with Crippen LogP contribution in [0.4, 0.5) is 4.39 Å². The number of likely N-dealkylation sites (N-methyl/N-ethyl adjacent to an activating group) is 1. The summed E-state index contributed by atoms with van der Waals surface area (Å²) in [5, 5.41) is 15.9. The molecule has 2 atom stereocenters. The SMILES string of the molecule is CCN(C)C(=O)C(=O)NC12CCC(CCn3c1nc(C(=O)NCc1ccc(F)cc1)c(O)c3=O)C2. The van der Waals surface area contributed by atoms with Crippen molar-refractivity contribution in [3.05, 3.63) is 57.5 Å². The minimum absolute atomic E-state index is 0.0282. The van der Waals surface area contributed by atoms with Crippen LogP contribution in [0.2, 0.25) is 0 Å². The minimum Gasteiger partial charge on any atom is -0.501 e. The van der Waals surface area contributed by atoms with Gasteiger partial charge in [-0.1, -0.05) is 12.1 Å².